The molecular weight excluding hydrogens is 460 g/mol. The first-order valence-electron chi connectivity index (χ1n) is 10.6. The molecule has 4 aromatic rings. The van der Waals surface area contributed by atoms with Gasteiger partial charge in [-0.25, -0.2) is 8.97 Å². The van der Waals surface area contributed by atoms with Gasteiger partial charge in [0.1, 0.15) is 10.1 Å². The molecule has 0 N–H and O–H groups in total. The van der Waals surface area contributed by atoms with Gasteiger partial charge in [0.2, 0.25) is 5.78 Å². The summed E-state index contributed by atoms with van der Waals surface area (Å²) in [5.74, 6) is 0.0667. The van der Waals surface area contributed by atoms with Crippen molar-refractivity contribution in [3.05, 3.63) is 50.6 Å². The number of methoxy groups -OCH3 is 1. The van der Waals surface area contributed by atoms with Crippen LogP contribution in [-0.2, 0) is 27.3 Å². The van der Waals surface area contributed by atoms with E-state index in [1.807, 2.05) is 49.4 Å². The Morgan fingerprint density at radius 1 is 1.33 bits per heavy atom. The molecule has 5 rings (SSSR count). The molecule has 0 unspecified atom stereocenters. The summed E-state index contributed by atoms with van der Waals surface area (Å²) in [4.78, 5) is 27.8. The van der Waals surface area contributed by atoms with Crippen molar-refractivity contribution in [1.82, 2.24) is 19.2 Å². The zero-order valence-electron chi connectivity index (χ0n) is 19.0. The first-order chi connectivity index (χ1) is 15.7. The van der Waals surface area contributed by atoms with Gasteiger partial charge in [0.05, 0.1) is 30.4 Å². The SMILES string of the molecule is COC(=O)[C@@H](C)Sc1nnc2n(-c3cccc(C)c3)c(=O)c3c4c(sc3n12)COC(C)(C)C4. The second-order valence-electron chi connectivity index (χ2n) is 8.79. The van der Waals surface area contributed by atoms with Crippen LogP contribution in [-0.4, -0.2) is 43.1 Å². The van der Waals surface area contributed by atoms with E-state index >= 15 is 0 Å². The maximum atomic E-state index is 14.0. The number of carbonyl (C=O) groups excluding carboxylic acids is 1. The second kappa shape index (κ2) is 7.96. The zero-order valence-corrected chi connectivity index (χ0v) is 20.7. The normalized spacial score (nSPS) is 16.2. The van der Waals surface area contributed by atoms with Crippen LogP contribution >= 0.6 is 23.1 Å². The van der Waals surface area contributed by atoms with Crippen LogP contribution in [0.2, 0.25) is 0 Å². The summed E-state index contributed by atoms with van der Waals surface area (Å²) in [5.41, 5.74) is 2.30. The molecule has 4 heterocycles. The van der Waals surface area contributed by atoms with Gasteiger partial charge < -0.3 is 9.47 Å². The highest BCUT2D eigenvalue weighted by Crippen LogP contribution is 2.39. The molecule has 0 radical (unpaired) electrons. The molecule has 0 bridgehead atoms. The second-order valence-corrected chi connectivity index (χ2v) is 11.2. The Balaban J connectivity index is 1.85. The topological polar surface area (TPSA) is 87.7 Å². The number of rotatable bonds is 4. The Morgan fingerprint density at radius 2 is 2.12 bits per heavy atom. The standard InChI is InChI=1S/C23H24N4O4S2/c1-12-7-6-8-14(9-12)26-18(28)17-15-10-23(3,4)31-11-16(15)33-19(17)27-21(26)24-25-22(27)32-13(2)20(29)30-5/h6-9,13H,10-11H2,1-5H3/t13-/m1/s1. The van der Waals surface area contributed by atoms with Crippen LogP contribution in [0.3, 0.4) is 0 Å². The Hall–Kier alpha value is -2.69. The third-order valence-electron chi connectivity index (χ3n) is 5.78. The Kier molecular flexibility index (Phi) is 5.34. The smallest absolute Gasteiger partial charge is 0.318 e. The Morgan fingerprint density at radius 3 is 2.85 bits per heavy atom. The minimum Gasteiger partial charge on any atom is -0.468 e. The van der Waals surface area contributed by atoms with Gasteiger partial charge in [-0.3, -0.25) is 9.59 Å². The van der Waals surface area contributed by atoms with Crippen molar-refractivity contribution in [1.29, 1.82) is 0 Å². The number of thioether (sulfide) groups is 1. The van der Waals surface area contributed by atoms with Gasteiger partial charge in [-0.05, 0) is 51.0 Å². The molecule has 1 aliphatic rings. The van der Waals surface area contributed by atoms with Crippen LogP contribution in [0.1, 0.15) is 36.8 Å². The van der Waals surface area contributed by atoms with Gasteiger partial charge in [0, 0.05) is 11.3 Å². The highest BCUT2D eigenvalue weighted by atomic mass is 32.2. The molecule has 1 atom stereocenters. The van der Waals surface area contributed by atoms with Crippen LogP contribution in [0, 0.1) is 6.92 Å². The van der Waals surface area contributed by atoms with Crippen LogP contribution < -0.4 is 5.56 Å². The van der Waals surface area contributed by atoms with Crippen LogP contribution in [0.25, 0.3) is 21.7 Å². The van der Waals surface area contributed by atoms with Crippen molar-refractivity contribution >= 4 is 45.1 Å². The van der Waals surface area contributed by atoms with E-state index in [9.17, 15) is 9.59 Å². The highest BCUT2D eigenvalue weighted by molar-refractivity contribution is 8.00. The first-order valence-corrected chi connectivity index (χ1v) is 12.3. The number of hydrogen-bond acceptors (Lipinski definition) is 8. The predicted molar refractivity (Wildman–Crippen MR) is 129 cm³/mol. The number of hydrogen-bond donors (Lipinski definition) is 0. The van der Waals surface area contributed by atoms with E-state index in [0.717, 1.165) is 26.5 Å². The number of fused-ring (bicyclic) bond motifs is 5. The quantitative estimate of drug-likeness (QED) is 0.321. The van der Waals surface area contributed by atoms with Crippen LogP contribution in [0.5, 0.6) is 0 Å². The molecule has 33 heavy (non-hydrogen) atoms. The van der Waals surface area contributed by atoms with E-state index in [4.69, 9.17) is 9.47 Å². The van der Waals surface area contributed by atoms with E-state index in [2.05, 4.69) is 10.2 Å². The molecule has 10 heteroatoms. The molecule has 1 aliphatic heterocycles. The molecule has 172 valence electrons. The monoisotopic (exact) mass is 484 g/mol. The average Bonchev–Trinajstić information content (AvgIpc) is 3.34. The van der Waals surface area contributed by atoms with Gasteiger partial charge in [-0.1, -0.05) is 23.9 Å². The fraction of sp³-hybridized carbons (Fsp3) is 0.391. The summed E-state index contributed by atoms with van der Waals surface area (Å²) in [6.45, 7) is 8.28. The number of ether oxygens (including phenoxy) is 2. The summed E-state index contributed by atoms with van der Waals surface area (Å²) in [6, 6.07) is 7.76. The summed E-state index contributed by atoms with van der Waals surface area (Å²) in [6.07, 6.45) is 0.639. The number of aryl methyl sites for hydroxylation is 1. The zero-order chi connectivity index (χ0) is 23.5. The number of nitrogens with zero attached hydrogens (tertiary/aromatic N) is 4. The Bertz CT molecular complexity index is 1470. The van der Waals surface area contributed by atoms with Gasteiger partial charge in [-0.15, -0.1) is 21.5 Å². The fourth-order valence-electron chi connectivity index (χ4n) is 4.15. The molecule has 0 amide bonds. The molecular formula is C23H24N4O4S2. The molecule has 8 nitrogen and oxygen atoms in total. The highest BCUT2D eigenvalue weighted by Gasteiger charge is 2.33. The lowest BCUT2D eigenvalue weighted by Crippen LogP contribution is -2.32. The number of esters is 1. The molecule has 0 aliphatic carbocycles. The molecule has 0 saturated heterocycles. The maximum absolute atomic E-state index is 14.0. The predicted octanol–water partition coefficient (Wildman–Crippen LogP) is 3.91. The van der Waals surface area contributed by atoms with E-state index in [1.165, 1.54) is 30.2 Å². The number of thiophene rings is 1. The number of carbonyl (C=O) groups is 1. The van der Waals surface area contributed by atoms with E-state index in [1.54, 1.807) is 11.5 Å². The fourth-order valence-corrected chi connectivity index (χ4v) is 6.31. The lowest BCUT2D eigenvalue weighted by Gasteiger charge is -2.29. The molecule has 1 aromatic carbocycles. The maximum Gasteiger partial charge on any atom is 0.318 e. The van der Waals surface area contributed by atoms with Gasteiger partial charge in [0.15, 0.2) is 5.16 Å². The number of benzene rings is 1. The molecule has 0 spiro atoms. The summed E-state index contributed by atoms with van der Waals surface area (Å²) < 4.78 is 14.4. The molecule has 3 aromatic heterocycles. The Labute approximate surface area is 198 Å². The third-order valence-corrected chi connectivity index (χ3v) is 7.99. The molecule has 0 saturated carbocycles. The largest absolute Gasteiger partial charge is 0.468 e. The lowest BCUT2D eigenvalue weighted by atomic mass is 9.94. The van der Waals surface area contributed by atoms with Crippen molar-refractivity contribution in [3.8, 4) is 5.69 Å². The van der Waals surface area contributed by atoms with Gasteiger partial charge in [-0.2, -0.15) is 0 Å². The van der Waals surface area contributed by atoms with Crippen molar-refractivity contribution in [2.24, 2.45) is 0 Å². The minimum absolute atomic E-state index is 0.122. The van der Waals surface area contributed by atoms with E-state index in [0.29, 0.717) is 29.3 Å². The number of aromatic nitrogens is 4. The van der Waals surface area contributed by atoms with E-state index in [-0.39, 0.29) is 17.1 Å². The minimum atomic E-state index is -0.478. The molecule has 0 fully saturated rings. The van der Waals surface area contributed by atoms with Crippen LogP contribution in [0.4, 0.5) is 0 Å². The van der Waals surface area contributed by atoms with Crippen LogP contribution in [0.15, 0.2) is 34.2 Å². The average molecular weight is 485 g/mol. The summed E-state index contributed by atoms with van der Waals surface area (Å²) in [5, 5.41) is 9.47. The first kappa shape index (κ1) is 22.1. The summed E-state index contributed by atoms with van der Waals surface area (Å²) in [7, 11) is 1.37. The van der Waals surface area contributed by atoms with Crippen molar-refractivity contribution in [2.45, 2.75) is 56.7 Å². The lowest BCUT2D eigenvalue weighted by molar-refractivity contribution is -0.139. The van der Waals surface area contributed by atoms with Gasteiger partial charge in [0.25, 0.3) is 5.56 Å². The summed E-state index contributed by atoms with van der Waals surface area (Å²) >= 11 is 2.79. The third kappa shape index (κ3) is 3.66. The van der Waals surface area contributed by atoms with Gasteiger partial charge >= 0.3 is 5.97 Å². The van der Waals surface area contributed by atoms with Crippen molar-refractivity contribution in [2.75, 3.05) is 7.11 Å². The van der Waals surface area contributed by atoms with E-state index < -0.39 is 5.25 Å². The van der Waals surface area contributed by atoms with Crippen molar-refractivity contribution in [3.63, 3.8) is 0 Å². The van der Waals surface area contributed by atoms with Crippen molar-refractivity contribution < 1.29 is 14.3 Å².